The number of azide groups is 1. The Labute approximate surface area is 373 Å². The van der Waals surface area contributed by atoms with Crippen LogP contribution in [0.5, 0.6) is 11.5 Å². The minimum Gasteiger partial charge on any atom is -0.478 e. The Bertz CT molecular complexity index is 3210. The molecule has 7 rings (SSSR count). The molecule has 5 N–H and O–H groups in total. The van der Waals surface area contributed by atoms with Crippen LogP contribution in [0.15, 0.2) is 78.1 Å². The molecule has 0 bridgehead atoms. The second-order valence-electron chi connectivity index (χ2n) is 17.0. The number of carboxylic acid groups (broad SMARTS) is 1. The van der Waals surface area contributed by atoms with Gasteiger partial charge in [0.2, 0.25) is 11.3 Å². The van der Waals surface area contributed by atoms with Gasteiger partial charge in [-0.25, -0.2) is 9.37 Å². The van der Waals surface area contributed by atoms with E-state index in [2.05, 4.69) is 25.6 Å². The van der Waals surface area contributed by atoms with Gasteiger partial charge in [-0.1, -0.05) is 11.2 Å². The van der Waals surface area contributed by atoms with E-state index in [0.29, 0.717) is 33.6 Å². The fourth-order valence-corrected chi connectivity index (χ4v) is 9.43. The van der Waals surface area contributed by atoms with Crippen molar-refractivity contribution in [3.8, 4) is 11.5 Å². The van der Waals surface area contributed by atoms with Gasteiger partial charge in [0.25, 0.3) is 26.1 Å². The Morgan fingerprint density at radius 2 is 1.58 bits per heavy atom. The molecule has 0 spiro atoms. The maximum Gasteiger partial charge on any atom is 0.336 e. The number of nitrogens with one attached hydrogen (secondary N) is 2. The number of fused-ring (bicyclic) bond motifs is 4. The number of hydrogen-bond acceptors (Lipinski definition) is 11. The summed E-state index contributed by atoms with van der Waals surface area (Å²) in [6.07, 6.45) is 4.67. The maximum absolute atomic E-state index is 13.8. The average molecular weight is 926 g/mol. The molecule has 4 aromatic rings. The van der Waals surface area contributed by atoms with E-state index in [-0.39, 0.29) is 75.2 Å². The number of amides is 2. The fourth-order valence-electron chi connectivity index (χ4n) is 8.17. The Balaban J connectivity index is 1.38. The monoisotopic (exact) mass is 925 g/mol. The number of benzene rings is 3. The zero-order chi connectivity index (χ0) is 47.4. The molecule has 2 amide bonds. The first-order chi connectivity index (χ1) is 30.4. The van der Waals surface area contributed by atoms with Gasteiger partial charge in [-0.3, -0.25) is 23.7 Å². The van der Waals surface area contributed by atoms with Crippen molar-refractivity contribution >= 4 is 66.1 Å². The lowest BCUT2D eigenvalue weighted by Crippen LogP contribution is -2.47. The molecule has 0 saturated heterocycles. The first-order valence-electron chi connectivity index (χ1n) is 20.0. The van der Waals surface area contributed by atoms with Crippen LogP contribution in [-0.2, 0) is 31.6 Å². The summed E-state index contributed by atoms with van der Waals surface area (Å²) < 4.78 is 78.2. The zero-order valence-electron chi connectivity index (χ0n) is 36.1. The largest absolute Gasteiger partial charge is 0.478 e. The molecule has 0 radical (unpaired) electrons. The molecule has 0 fully saturated rings. The smallest absolute Gasteiger partial charge is 0.336 e. The van der Waals surface area contributed by atoms with E-state index < -0.39 is 60.6 Å². The number of aromatic carboxylic acids is 1. The van der Waals surface area contributed by atoms with Crippen molar-refractivity contribution in [1.29, 1.82) is 0 Å². The van der Waals surface area contributed by atoms with Crippen molar-refractivity contribution in [3.05, 3.63) is 133 Å². The molecule has 0 aliphatic carbocycles. The predicted molar refractivity (Wildman–Crippen MR) is 242 cm³/mol. The van der Waals surface area contributed by atoms with Crippen molar-refractivity contribution < 1.29 is 50.2 Å². The number of aromatic nitrogens is 1. The van der Waals surface area contributed by atoms with Gasteiger partial charge >= 0.3 is 5.97 Å². The molecule has 0 saturated carbocycles. The molecule has 0 unspecified atom stereocenters. The van der Waals surface area contributed by atoms with Crippen LogP contribution in [0, 0.1) is 0 Å². The van der Waals surface area contributed by atoms with E-state index in [4.69, 9.17) is 10.3 Å². The first-order valence-corrected chi connectivity index (χ1v) is 23.2. The minimum atomic E-state index is -4.55. The quantitative estimate of drug-likeness (QED) is 0.0361. The Kier molecular flexibility index (Phi) is 12.0. The summed E-state index contributed by atoms with van der Waals surface area (Å²) in [6.45, 7) is 7.38. The van der Waals surface area contributed by atoms with E-state index in [1.165, 1.54) is 24.4 Å². The van der Waals surface area contributed by atoms with Gasteiger partial charge in [0, 0.05) is 83.7 Å². The number of hydrogen-bond donors (Lipinski definition) is 5. The number of pyridine rings is 1. The molecule has 65 heavy (non-hydrogen) atoms. The zero-order valence-corrected chi connectivity index (χ0v) is 37.7. The number of rotatable bonds is 13. The Hall–Kier alpha value is -6.90. The summed E-state index contributed by atoms with van der Waals surface area (Å²) in [5, 5.41) is 20.3. The van der Waals surface area contributed by atoms with Gasteiger partial charge in [-0.05, 0) is 84.6 Å². The molecule has 338 valence electrons. The first kappa shape index (κ1) is 46.1. The van der Waals surface area contributed by atoms with Gasteiger partial charge in [0.1, 0.15) is 30.1 Å². The second-order valence-corrected chi connectivity index (χ2v) is 19.9. The third-order valence-electron chi connectivity index (χ3n) is 11.7. The summed E-state index contributed by atoms with van der Waals surface area (Å²) in [6, 6.07) is 13.8. The summed E-state index contributed by atoms with van der Waals surface area (Å²) in [7, 11) is -5.49. The number of ether oxygens (including phenoxy) is 1. The summed E-state index contributed by atoms with van der Waals surface area (Å²) in [5.41, 5.74) is 10.1. The Morgan fingerprint density at radius 3 is 2.22 bits per heavy atom. The van der Waals surface area contributed by atoms with Gasteiger partial charge in [-0.2, -0.15) is 16.8 Å². The number of carbonyl (C=O) groups is 3. The average Bonchev–Trinajstić information content (AvgIpc) is 3.21. The third kappa shape index (κ3) is 9.64. The van der Waals surface area contributed by atoms with Gasteiger partial charge in [-0.15, -0.1) is 0 Å². The van der Waals surface area contributed by atoms with Crippen LogP contribution in [0.25, 0.3) is 27.2 Å². The molecule has 3 aliphatic heterocycles. The van der Waals surface area contributed by atoms with Crippen LogP contribution in [0.4, 0.5) is 11.4 Å². The molecule has 1 aromatic heterocycles. The van der Waals surface area contributed by atoms with E-state index in [1.54, 1.807) is 48.6 Å². The molecule has 3 aromatic carbocycles. The molecular weight excluding hydrogens is 881 g/mol. The normalized spacial score (nSPS) is 15.7. The van der Waals surface area contributed by atoms with E-state index >= 15 is 0 Å². The highest BCUT2D eigenvalue weighted by atomic mass is 32.2. The van der Waals surface area contributed by atoms with E-state index in [0.717, 1.165) is 0 Å². The van der Waals surface area contributed by atoms with Crippen LogP contribution in [-0.4, -0.2) is 97.0 Å². The van der Waals surface area contributed by atoms with Crippen molar-refractivity contribution in [2.45, 2.75) is 51.7 Å². The number of carboxylic acids is 1. The highest BCUT2D eigenvalue weighted by Gasteiger charge is 2.37. The van der Waals surface area contributed by atoms with Crippen LogP contribution in [0.2, 0.25) is 0 Å². The topological polar surface area (TPSA) is 281 Å². The minimum absolute atomic E-state index is 0.0186. The Morgan fingerprint density at radius 1 is 0.892 bits per heavy atom. The molecular formula is C44H45N8O11S2+. The lowest BCUT2D eigenvalue weighted by molar-refractivity contribution is -0.116. The van der Waals surface area contributed by atoms with Crippen molar-refractivity contribution in [3.63, 3.8) is 0 Å². The number of anilines is 2. The summed E-state index contributed by atoms with van der Waals surface area (Å²) in [5.74, 6) is -3.44. The summed E-state index contributed by atoms with van der Waals surface area (Å²) in [4.78, 5) is 48.4. The number of nitrogens with zero attached hydrogens (tertiary/aromatic N) is 6. The molecule has 3 aliphatic rings. The molecule has 4 heterocycles. The second kappa shape index (κ2) is 16.9. The highest BCUT2D eigenvalue weighted by Crippen LogP contribution is 2.47. The number of likely N-dealkylation sites (N-methyl/N-ethyl adjacent to an activating group) is 2. The SMILES string of the molecule is CN1c2cc3c(cc2C(CS(=O)(=O)O)=CC1(C)C)C(c1cc(C(=O)NCCC(=O)Nc2ccc(CN=[N+]=[N-])nc2)ccc1C(=O)O)=c1cc2c(cc1O3)=[N+](C)C(C)(C)C=C2CS(=O)(=O)O. The van der Waals surface area contributed by atoms with Crippen molar-refractivity contribution in [2.75, 3.05) is 42.4 Å². The standard InChI is InChI=1S/C44H44N8O11S2/c1-43(2)18-25(22-64(57,58)59)30-14-33-37(16-35(30)51(43)5)63-38-17-36-31(26(23-65(60,61)62)19-44(3,4)52(36)6)15-34(38)40(33)32-13-24(7-10-29(32)42(55)56)41(54)46-12-11-39(53)49-28-9-8-27(47-20-28)21-48-50-45/h7-10,13-20H,11-12,21-23H2,1-6H3,(H4-,46,49,53,54,55,56,57,58,59,60,61,62)/p+1. The van der Waals surface area contributed by atoms with Crippen LogP contribution >= 0.6 is 0 Å². The van der Waals surface area contributed by atoms with Crippen LogP contribution in [0.3, 0.4) is 0 Å². The van der Waals surface area contributed by atoms with Crippen LogP contribution < -0.4 is 35.4 Å². The molecule has 19 nitrogen and oxygen atoms in total. The number of carbonyl (C=O) groups excluding carboxylic acids is 2. The van der Waals surface area contributed by atoms with Gasteiger partial charge < -0.3 is 25.4 Å². The van der Waals surface area contributed by atoms with Crippen molar-refractivity contribution in [2.24, 2.45) is 5.11 Å². The lowest BCUT2D eigenvalue weighted by atomic mass is 9.83. The molecule has 0 atom stereocenters. The predicted octanol–water partition coefficient (Wildman–Crippen LogP) is 4.39. The third-order valence-corrected chi connectivity index (χ3v) is 13.0. The lowest BCUT2D eigenvalue weighted by Gasteiger charge is -2.41. The maximum atomic E-state index is 13.8. The van der Waals surface area contributed by atoms with Gasteiger partial charge in [0.15, 0.2) is 5.54 Å². The highest BCUT2D eigenvalue weighted by molar-refractivity contribution is 7.86. The molecule has 21 heteroatoms. The van der Waals surface area contributed by atoms with E-state index in [9.17, 15) is 45.4 Å². The fraction of sp³-hybridized carbons (Fsp3) is 0.295. The van der Waals surface area contributed by atoms with Crippen LogP contribution in [0.1, 0.15) is 82.8 Å². The van der Waals surface area contributed by atoms with Crippen molar-refractivity contribution in [1.82, 2.24) is 14.9 Å². The van der Waals surface area contributed by atoms with Gasteiger partial charge in [0.05, 0.1) is 41.2 Å². The van der Waals surface area contributed by atoms with E-state index in [1.807, 2.05) is 51.3 Å². The summed E-state index contributed by atoms with van der Waals surface area (Å²) >= 11 is 0.